The first-order valence-electron chi connectivity index (χ1n) is 5.44. The maximum Gasteiger partial charge on any atom is 0.417 e. The van der Waals surface area contributed by atoms with Gasteiger partial charge >= 0.3 is 12.1 Å². The Morgan fingerprint density at radius 1 is 1.21 bits per heavy atom. The van der Waals surface area contributed by atoms with E-state index in [-0.39, 0.29) is 13.2 Å². The molecule has 7 heteroatoms. The molecule has 0 saturated carbocycles. The highest BCUT2D eigenvalue weighted by molar-refractivity contribution is 5.79. The zero-order valence-electron chi connectivity index (χ0n) is 10.2. The van der Waals surface area contributed by atoms with Crippen LogP contribution in [0, 0.1) is 0 Å². The molecule has 0 heterocycles. The molecule has 1 atom stereocenters. The molecule has 0 amide bonds. The van der Waals surface area contributed by atoms with Crippen LogP contribution in [0.5, 0.6) is 0 Å². The van der Waals surface area contributed by atoms with Crippen molar-refractivity contribution >= 4 is 5.97 Å². The molecule has 19 heavy (non-hydrogen) atoms. The molecule has 0 saturated heterocycles. The molecule has 0 aliphatic carbocycles. The highest BCUT2D eigenvalue weighted by atomic mass is 19.4. The van der Waals surface area contributed by atoms with Crippen LogP contribution < -0.4 is 5.32 Å². The van der Waals surface area contributed by atoms with Crippen LogP contribution in [-0.2, 0) is 17.9 Å². The summed E-state index contributed by atoms with van der Waals surface area (Å²) in [6.45, 7) is 0.175. The van der Waals surface area contributed by atoms with Crippen LogP contribution in [0.3, 0.4) is 0 Å². The number of aliphatic carboxylic acids is 1. The molecule has 1 unspecified atom stereocenters. The molecule has 0 aliphatic rings. The van der Waals surface area contributed by atoms with Crippen molar-refractivity contribution in [1.82, 2.24) is 5.32 Å². The van der Waals surface area contributed by atoms with Gasteiger partial charge in [-0.3, -0.25) is 5.32 Å². The summed E-state index contributed by atoms with van der Waals surface area (Å²) in [7, 11) is 0. The summed E-state index contributed by atoms with van der Waals surface area (Å²) in [4.78, 5) is 10.8. The molecule has 0 bridgehead atoms. The van der Waals surface area contributed by atoms with E-state index >= 15 is 0 Å². The second-order valence-electron chi connectivity index (χ2n) is 4.26. The van der Waals surface area contributed by atoms with E-state index in [9.17, 15) is 18.0 Å². The van der Waals surface area contributed by atoms with Crippen LogP contribution in [-0.4, -0.2) is 27.9 Å². The number of hydrogen-bond acceptors (Lipinski definition) is 3. The van der Waals surface area contributed by atoms with Gasteiger partial charge in [0.2, 0.25) is 5.54 Å². The Labute approximate surface area is 107 Å². The van der Waals surface area contributed by atoms with Crippen molar-refractivity contribution < 1.29 is 28.2 Å². The predicted molar refractivity (Wildman–Crippen MR) is 61.3 cm³/mol. The molecular formula is C12H14F3NO3. The second-order valence-corrected chi connectivity index (χ2v) is 4.26. The number of carboxylic acid groups (broad SMARTS) is 1. The van der Waals surface area contributed by atoms with E-state index in [1.165, 1.54) is 12.1 Å². The molecular weight excluding hydrogens is 263 g/mol. The summed E-state index contributed by atoms with van der Waals surface area (Å²) >= 11 is 0. The summed E-state index contributed by atoms with van der Waals surface area (Å²) in [5.74, 6) is -1.98. The number of carbonyl (C=O) groups is 1. The van der Waals surface area contributed by atoms with Gasteiger partial charge in [0.15, 0.2) is 0 Å². The summed E-state index contributed by atoms with van der Waals surface area (Å²) < 4.78 is 38.1. The topological polar surface area (TPSA) is 69.6 Å². The van der Waals surface area contributed by atoms with E-state index in [2.05, 4.69) is 0 Å². The number of benzene rings is 1. The number of alkyl halides is 3. The molecule has 3 N–H and O–H groups in total. The number of carboxylic acids is 1. The smallest absolute Gasteiger partial charge is 0.417 e. The van der Waals surface area contributed by atoms with Crippen LogP contribution in [0.4, 0.5) is 13.2 Å². The lowest BCUT2D eigenvalue weighted by molar-refractivity contribution is -0.206. The molecule has 0 aliphatic heterocycles. The Hall–Kier alpha value is -1.60. The van der Waals surface area contributed by atoms with E-state index in [1.54, 1.807) is 12.1 Å². The Balaban J connectivity index is 2.80. The van der Waals surface area contributed by atoms with Gasteiger partial charge in [0, 0.05) is 6.54 Å². The van der Waals surface area contributed by atoms with Gasteiger partial charge in [-0.2, -0.15) is 13.2 Å². The van der Waals surface area contributed by atoms with Crippen molar-refractivity contribution in [3.63, 3.8) is 0 Å². The summed E-state index contributed by atoms with van der Waals surface area (Å²) in [6, 6.07) is 6.17. The predicted octanol–water partition coefficient (Wildman–Crippen LogP) is 1.67. The van der Waals surface area contributed by atoms with Gasteiger partial charge in [0.25, 0.3) is 0 Å². The Morgan fingerprint density at radius 3 is 2.05 bits per heavy atom. The zero-order chi connectivity index (χ0) is 14.7. The molecule has 0 radical (unpaired) electrons. The maximum absolute atomic E-state index is 12.7. The fourth-order valence-electron chi connectivity index (χ4n) is 1.34. The van der Waals surface area contributed by atoms with Crippen LogP contribution >= 0.6 is 0 Å². The monoisotopic (exact) mass is 277 g/mol. The third-order valence-electron chi connectivity index (χ3n) is 2.85. The minimum atomic E-state index is -4.90. The normalized spacial score (nSPS) is 15.0. The molecule has 0 fully saturated rings. The van der Waals surface area contributed by atoms with Gasteiger partial charge in [0.05, 0.1) is 6.61 Å². The number of rotatable bonds is 5. The number of halogens is 3. The summed E-state index contributed by atoms with van der Waals surface area (Å²) in [5.41, 5.74) is -1.88. The fraction of sp³-hybridized carbons (Fsp3) is 0.417. The average molecular weight is 277 g/mol. The first kappa shape index (κ1) is 15.5. The summed E-state index contributed by atoms with van der Waals surface area (Å²) in [5, 5.41) is 19.5. The van der Waals surface area contributed by atoms with Crippen LogP contribution in [0.2, 0.25) is 0 Å². The van der Waals surface area contributed by atoms with Gasteiger partial charge in [0.1, 0.15) is 0 Å². The highest BCUT2D eigenvalue weighted by Gasteiger charge is 2.57. The van der Waals surface area contributed by atoms with E-state index < -0.39 is 17.7 Å². The van der Waals surface area contributed by atoms with Gasteiger partial charge in [-0.05, 0) is 18.1 Å². The van der Waals surface area contributed by atoms with Crippen molar-refractivity contribution in [3.05, 3.63) is 35.4 Å². The van der Waals surface area contributed by atoms with Crippen molar-refractivity contribution in [1.29, 1.82) is 0 Å². The van der Waals surface area contributed by atoms with E-state index in [0.29, 0.717) is 18.1 Å². The Kier molecular flexibility index (Phi) is 4.54. The van der Waals surface area contributed by atoms with Gasteiger partial charge < -0.3 is 10.2 Å². The van der Waals surface area contributed by atoms with Gasteiger partial charge in [-0.15, -0.1) is 0 Å². The molecule has 4 nitrogen and oxygen atoms in total. The van der Waals surface area contributed by atoms with Crippen molar-refractivity contribution in [2.45, 2.75) is 31.8 Å². The van der Waals surface area contributed by atoms with Gasteiger partial charge in [-0.25, -0.2) is 4.79 Å². The van der Waals surface area contributed by atoms with Crippen molar-refractivity contribution in [3.8, 4) is 0 Å². The maximum atomic E-state index is 12.7. The first-order valence-corrected chi connectivity index (χ1v) is 5.44. The lowest BCUT2D eigenvalue weighted by Crippen LogP contribution is -2.59. The first-order chi connectivity index (χ1) is 8.70. The number of aliphatic hydroxyl groups is 1. The molecule has 1 aromatic carbocycles. The molecule has 0 aromatic heterocycles. The standard InChI is InChI=1S/C12H14F3NO3/c1-11(10(18)19,12(13,14)15)16-6-8-2-4-9(7-17)5-3-8/h2-5,16-17H,6-7H2,1H3,(H,18,19). The van der Waals surface area contributed by atoms with Crippen LogP contribution in [0.1, 0.15) is 18.1 Å². The second kappa shape index (κ2) is 5.58. The van der Waals surface area contributed by atoms with Crippen LogP contribution in [0.15, 0.2) is 24.3 Å². The lowest BCUT2D eigenvalue weighted by Gasteiger charge is -2.28. The number of nitrogens with one attached hydrogen (secondary N) is 1. The number of aliphatic hydroxyl groups excluding tert-OH is 1. The average Bonchev–Trinajstić information content (AvgIpc) is 2.34. The van der Waals surface area contributed by atoms with E-state index in [4.69, 9.17) is 10.2 Å². The summed E-state index contributed by atoms with van der Waals surface area (Å²) in [6.07, 6.45) is -4.90. The zero-order valence-corrected chi connectivity index (χ0v) is 10.2. The number of hydrogen-bond donors (Lipinski definition) is 3. The minimum absolute atomic E-state index is 0.164. The molecule has 106 valence electrons. The quantitative estimate of drug-likeness (QED) is 0.766. The Bertz CT molecular complexity index is 445. The third kappa shape index (κ3) is 3.45. The van der Waals surface area contributed by atoms with Gasteiger partial charge in [-0.1, -0.05) is 24.3 Å². The minimum Gasteiger partial charge on any atom is -0.480 e. The fourth-order valence-corrected chi connectivity index (χ4v) is 1.34. The largest absolute Gasteiger partial charge is 0.480 e. The van der Waals surface area contributed by atoms with Crippen LogP contribution in [0.25, 0.3) is 0 Å². The Morgan fingerprint density at radius 2 is 1.68 bits per heavy atom. The highest BCUT2D eigenvalue weighted by Crippen LogP contribution is 2.30. The van der Waals surface area contributed by atoms with Crippen molar-refractivity contribution in [2.75, 3.05) is 0 Å². The van der Waals surface area contributed by atoms with E-state index in [1.807, 2.05) is 5.32 Å². The van der Waals surface area contributed by atoms with E-state index in [0.717, 1.165) is 0 Å². The molecule has 1 aromatic rings. The SMILES string of the molecule is CC(NCc1ccc(CO)cc1)(C(=O)O)C(F)(F)F. The third-order valence-corrected chi connectivity index (χ3v) is 2.85. The molecule has 0 spiro atoms. The lowest BCUT2D eigenvalue weighted by atomic mass is 10.0. The molecule has 1 rings (SSSR count). The van der Waals surface area contributed by atoms with Crippen molar-refractivity contribution in [2.24, 2.45) is 0 Å².